The Morgan fingerprint density at radius 2 is 1.83 bits per heavy atom. The number of hydrogen-bond donors (Lipinski definition) is 1. The molecule has 1 aromatic heterocycles. The minimum Gasteiger partial charge on any atom is -0.342 e. The molecule has 0 bridgehead atoms. The van der Waals surface area contributed by atoms with Gasteiger partial charge < -0.3 is 4.90 Å². The molecule has 4 nitrogen and oxygen atoms in total. The third-order valence-electron chi connectivity index (χ3n) is 3.15. The fourth-order valence-electron chi connectivity index (χ4n) is 2.00. The van der Waals surface area contributed by atoms with E-state index in [1.807, 2.05) is 37.8 Å². The van der Waals surface area contributed by atoms with Crippen molar-refractivity contribution >= 4 is 5.91 Å². The van der Waals surface area contributed by atoms with Gasteiger partial charge in [0, 0.05) is 31.5 Å². The summed E-state index contributed by atoms with van der Waals surface area (Å²) in [7, 11) is 0. The third kappa shape index (κ3) is 3.81. The molecule has 0 aliphatic heterocycles. The Kier molecular flexibility index (Phi) is 5.78. The van der Waals surface area contributed by atoms with Crippen LogP contribution in [0.5, 0.6) is 0 Å². The smallest absolute Gasteiger partial charge is 0.239 e. The van der Waals surface area contributed by atoms with Crippen molar-refractivity contribution in [2.75, 3.05) is 13.1 Å². The average molecular weight is 249 g/mol. The Labute approximate surface area is 109 Å². The summed E-state index contributed by atoms with van der Waals surface area (Å²) in [6, 6.07) is 3.90. The second kappa shape index (κ2) is 7.11. The Morgan fingerprint density at radius 3 is 2.33 bits per heavy atom. The van der Waals surface area contributed by atoms with E-state index < -0.39 is 0 Å². The second-order valence-corrected chi connectivity index (χ2v) is 4.40. The number of pyridine rings is 1. The van der Waals surface area contributed by atoms with Crippen LogP contribution in [0.15, 0.2) is 24.5 Å². The largest absolute Gasteiger partial charge is 0.342 e. The summed E-state index contributed by atoms with van der Waals surface area (Å²) in [6.07, 6.45) is 3.54. The summed E-state index contributed by atoms with van der Waals surface area (Å²) in [6.45, 7) is 9.48. The first kappa shape index (κ1) is 14.6. The second-order valence-electron chi connectivity index (χ2n) is 4.40. The van der Waals surface area contributed by atoms with Crippen LogP contribution >= 0.6 is 0 Å². The lowest BCUT2D eigenvalue weighted by Gasteiger charge is -2.26. The molecule has 0 aliphatic rings. The molecule has 1 unspecified atom stereocenters. The van der Waals surface area contributed by atoms with Gasteiger partial charge >= 0.3 is 0 Å². The molecule has 2 atom stereocenters. The number of likely N-dealkylation sites (N-methyl/N-ethyl adjacent to an activating group) is 1. The third-order valence-corrected chi connectivity index (χ3v) is 3.15. The molecule has 0 fully saturated rings. The maximum Gasteiger partial charge on any atom is 0.239 e. The normalized spacial score (nSPS) is 14.0. The van der Waals surface area contributed by atoms with Gasteiger partial charge in [0.2, 0.25) is 5.91 Å². The number of nitrogens with one attached hydrogen (secondary N) is 1. The predicted molar refractivity (Wildman–Crippen MR) is 73.2 cm³/mol. The Balaban J connectivity index is 2.59. The van der Waals surface area contributed by atoms with Crippen molar-refractivity contribution in [2.24, 2.45) is 0 Å². The van der Waals surface area contributed by atoms with Crippen LogP contribution in [-0.4, -0.2) is 34.9 Å². The molecule has 0 radical (unpaired) electrons. The zero-order valence-electron chi connectivity index (χ0n) is 11.7. The van der Waals surface area contributed by atoms with Crippen molar-refractivity contribution in [3.63, 3.8) is 0 Å². The van der Waals surface area contributed by atoms with Crippen molar-refractivity contribution in [3.05, 3.63) is 30.1 Å². The van der Waals surface area contributed by atoms with E-state index in [1.165, 1.54) is 0 Å². The van der Waals surface area contributed by atoms with E-state index >= 15 is 0 Å². The highest BCUT2D eigenvalue weighted by Gasteiger charge is 2.19. The maximum absolute atomic E-state index is 12.1. The number of carbonyl (C=O) groups excluding carboxylic acids is 1. The molecular weight excluding hydrogens is 226 g/mol. The van der Waals surface area contributed by atoms with Gasteiger partial charge in [0.05, 0.1) is 6.04 Å². The maximum atomic E-state index is 12.1. The number of hydrogen-bond acceptors (Lipinski definition) is 3. The first-order valence-corrected chi connectivity index (χ1v) is 6.54. The van der Waals surface area contributed by atoms with Crippen LogP contribution in [-0.2, 0) is 4.79 Å². The van der Waals surface area contributed by atoms with E-state index in [0.29, 0.717) is 0 Å². The lowest BCUT2D eigenvalue weighted by atomic mass is 10.1. The van der Waals surface area contributed by atoms with Crippen LogP contribution in [0.3, 0.4) is 0 Å². The van der Waals surface area contributed by atoms with Gasteiger partial charge in [0.1, 0.15) is 0 Å². The molecule has 0 saturated carbocycles. The highest BCUT2D eigenvalue weighted by molar-refractivity contribution is 5.81. The van der Waals surface area contributed by atoms with Gasteiger partial charge in [-0.05, 0) is 45.4 Å². The van der Waals surface area contributed by atoms with E-state index in [1.54, 1.807) is 12.4 Å². The standard InChI is InChI=1S/C14H23N3O/c1-5-17(6-2)14(18)12(4)16-11(3)13-7-9-15-10-8-13/h7-12,16H,5-6H2,1-4H3/t11-,12?/m0/s1. The molecule has 4 heteroatoms. The average Bonchev–Trinajstić information content (AvgIpc) is 2.40. The van der Waals surface area contributed by atoms with Crippen molar-refractivity contribution in [1.29, 1.82) is 0 Å². The Bertz CT molecular complexity index is 363. The highest BCUT2D eigenvalue weighted by Crippen LogP contribution is 2.11. The van der Waals surface area contributed by atoms with Gasteiger partial charge in [-0.2, -0.15) is 0 Å². The summed E-state index contributed by atoms with van der Waals surface area (Å²) >= 11 is 0. The molecule has 1 rings (SSSR count). The summed E-state index contributed by atoms with van der Waals surface area (Å²) < 4.78 is 0. The van der Waals surface area contributed by atoms with E-state index in [4.69, 9.17) is 0 Å². The van der Waals surface area contributed by atoms with Crippen molar-refractivity contribution in [2.45, 2.75) is 39.8 Å². The minimum atomic E-state index is -0.173. The molecule has 1 aromatic rings. The Morgan fingerprint density at radius 1 is 1.28 bits per heavy atom. The first-order valence-electron chi connectivity index (χ1n) is 6.54. The fraction of sp³-hybridized carbons (Fsp3) is 0.571. The molecule has 0 aromatic carbocycles. The predicted octanol–water partition coefficient (Wildman–Crippen LogP) is 1.99. The summed E-state index contributed by atoms with van der Waals surface area (Å²) in [4.78, 5) is 18.0. The van der Waals surface area contributed by atoms with Crippen LogP contribution in [0.1, 0.15) is 39.3 Å². The van der Waals surface area contributed by atoms with Crippen molar-refractivity contribution in [3.8, 4) is 0 Å². The number of amides is 1. The molecule has 1 amide bonds. The number of nitrogens with zero attached hydrogens (tertiary/aromatic N) is 2. The number of aromatic nitrogens is 1. The van der Waals surface area contributed by atoms with E-state index in [9.17, 15) is 4.79 Å². The zero-order valence-corrected chi connectivity index (χ0v) is 11.7. The first-order chi connectivity index (χ1) is 8.60. The van der Waals surface area contributed by atoms with E-state index in [0.717, 1.165) is 18.7 Å². The van der Waals surface area contributed by atoms with Crippen molar-refractivity contribution in [1.82, 2.24) is 15.2 Å². The summed E-state index contributed by atoms with van der Waals surface area (Å²) in [5.41, 5.74) is 1.14. The van der Waals surface area contributed by atoms with Gasteiger partial charge in [0.15, 0.2) is 0 Å². The van der Waals surface area contributed by atoms with Gasteiger partial charge in [-0.3, -0.25) is 15.1 Å². The fourth-order valence-corrected chi connectivity index (χ4v) is 2.00. The molecule has 0 saturated heterocycles. The van der Waals surface area contributed by atoms with Gasteiger partial charge in [-0.15, -0.1) is 0 Å². The van der Waals surface area contributed by atoms with E-state index in [2.05, 4.69) is 17.2 Å². The topological polar surface area (TPSA) is 45.2 Å². The molecule has 0 spiro atoms. The Hall–Kier alpha value is -1.42. The lowest BCUT2D eigenvalue weighted by molar-refractivity contribution is -0.132. The van der Waals surface area contributed by atoms with Crippen LogP contribution in [0.25, 0.3) is 0 Å². The number of rotatable bonds is 6. The minimum absolute atomic E-state index is 0.141. The zero-order chi connectivity index (χ0) is 13.5. The summed E-state index contributed by atoms with van der Waals surface area (Å²) in [5.74, 6) is 0.154. The van der Waals surface area contributed by atoms with Crippen LogP contribution in [0.2, 0.25) is 0 Å². The molecule has 0 aliphatic carbocycles. The van der Waals surface area contributed by atoms with Gasteiger partial charge in [-0.25, -0.2) is 0 Å². The highest BCUT2D eigenvalue weighted by atomic mass is 16.2. The molecule has 100 valence electrons. The molecule has 1 heterocycles. The monoisotopic (exact) mass is 249 g/mol. The molecule has 18 heavy (non-hydrogen) atoms. The van der Waals surface area contributed by atoms with E-state index in [-0.39, 0.29) is 18.0 Å². The van der Waals surface area contributed by atoms with Crippen LogP contribution in [0.4, 0.5) is 0 Å². The lowest BCUT2D eigenvalue weighted by Crippen LogP contribution is -2.45. The summed E-state index contributed by atoms with van der Waals surface area (Å²) in [5, 5.41) is 3.33. The van der Waals surface area contributed by atoms with Gasteiger partial charge in [0.25, 0.3) is 0 Å². The molecule has 1 N–H and O–H groups in total. The van der Waals surface area contributed by atoms with Gasteiger partial charge in [-0.1, -0.05) is 0 Å². The van der Waals surface area contributed by atoms with Crippen LogP contribution < -0.4 is 5.32 Å². The van der Waals surface area contributed by atoms with Crippen molar-refractivity contribution < 1.29 is 4.79 Å². The SMILES string of the molecule is CCN(CC)C(=O)C(C)N[C@@H](C)c1ccncc1. The molecular formula is C14H23N3O. The van der Waals surface area contributed by atoms with Crippen LogP contribution in [0, 0.1) is 0 Å². The number of carbonyl (C=O) groups is 1. The quantitative estimate of drug-likeness (QED) is 0.838.